The van der Waals surface area contributed by atoms with Gasteiger partial charge in [0.05, 0.1) is 26.4 Å². The van der Waals surface area contributed by atoms with Crippen LogP contribution in [0.25, 0.3) is 0 Å². The van der Waals surface area contributed by atoms with E-state index in [0.29, 0.717) is 6.54 Å². The minimum atomic E-state index is -0.0250. The minimum Gasteiger partial charge on any atom is -0.497 e. The molecule has 2 heterocycles. The number of benzene rings is 2. The lowest BCUT2D eigenvalue weighted by Gasteiger charge is -2.30. The van der Waals surface area contributed by atoms with Gasteiger partial charge in [-0.05, 0) is 42.3 Å². The first kappa shape index (κ1) is 20.7. The summed E-state index contributed by atoms with van der Waals surface area (Å²) in [6, 6.07) is 14.1. The number of amides is 1. The summed E-state index contributed by atoms with van der Waals surface area (Å²) in [5.41, 5.74) is 10.6. The lowest BCUT2D eigenvalue weighted by atomic mass is 9.94. The molecule has 0 aromatic heterocycles. The van der Waals surface area contributed by atoms with Crippen molar-refractivity contribution in [1.29, 1.82) is 0 Å². The molecule has 7 nitrogen and oxygen atoms in total. The molecular weight excluding hydrogens is 380 g/mol. The molecule has 3 N–H and O–H groups in total. The van der Waals surface area contributed by atoms with E-state index < -0.39 is 0 Å². The van der Waals surface area contributed by atoms with E-state index in [9.17, 15) is 4.79 Å². The molecule has 0 saturated carbocycles. The molecule has 0 aliphatic carbocycles. The molecule has 1 amide bonds. The van der Waals surface area contributed by atoms with Crippen molar-refractivity contribution < 1.29 is 14.3 Å². The monoisotopic (exact) mass is 410 g/mol. The van der Waals surface area contributed by atoms with Crippen LogP contribution in [0.2, 0.25) is 0 Å². The van der Waals surface area contributed by atoms with Crippen LogP contribution < -0.4 is 25.8 Å². The largest absolute Gasteiger partial charge is 0.497 e. The number of carbonyl (C=O) groups excluding carboxylic acids is 1. The van der Waals surface area contributed by atoms with Crippen LogP contribution in [0, 0.1) is 12.8 Å². The van der Waals surface area contributed by atoms with Crippen LogP contribution in [-0.2, 0) is 4.74 Å². The van der Waals surface area contributed by atoms with Crippen molar-refractivity contribution in [3.05, 3.63) is 59.2 Å². The molecule has 4 rings (SSSR count). The summed E-state index contributed by atoms with van der Waals surface area (Å²) >= 11 is 0. The zero-order valence-corrected chi connectivity index (χ0v) is 17.6. The van der Waals surface area contributed by atoms with Gasteiger partial charge >= 0.3 is 0 Å². The Kier molecular flexibility index (Phi) is 6.52. The SMILES string of the molecule is COc1ccc(C2NNCC2CNC(=O)c2cccc(N3CCOCC3)c2C)cc1. The van der Waals surface area contributed by atoms with Crippen LogP contribution in [-0.4, -0.2) is 52.4 Å². The summed E-state index contributed by atoms with van der Waals surface area (Å²) in [4.78, 5) is 15.3. The zero-order valence-electron chi connectivity index (χ0n) is 17.6. The Labute approximate surface area is 177 Å². The first-order chi connectivity index (χ1) is 14.7. The van der Waals surface area contributed by atoms with Crippen LogP contribution in [0.3, 0.4) is 0 Å². The van der Waals surface area contributed by atoms with Crippen molar-refractivity contribution in [2.45, 2.75) is 13.0 Å². The number of ether oxygens (including phenoxy) is 2. The quantitative estimate of drug-likeness (QED) is 0.677. The Hall–Kier alpha value is -2.61. The van der Waals surface area contributed by atoms with Crippen molar-refractivity contribution in [3.8, 4) is 5.75 Å². The number of nitrogens with zero attached hydrogens (tertiary/aromatic N) is 1. The Bertz CT molecular complexity index is 865. The predicted molar refractivity (Wildman–Crippen MR) is 117 cm³/mol. The molecule has 2 aromatic rings. The summed E-state index contributed by atoms with van der Waals surface area (Å²) in [6.45, 7) is 6.58. The molecule has 2 unspecified atom stereocenters. The fourth-order valence-corrected chi connectivity index (χ4v) is 4.23. The van der Waals surface area contributed by atoms with E-state index in [-0.39, 0.29) is 17.9 Å². The number of rotatable bonds is 6. The van der Waals surface area contributed by atoms with Crippen molar-refractivity contribution >= 4 is 11.6 Å². The molecule has 2 atom stereocenters. The molecule has 2 aliphatic heterocycles. The third kappa shape index (κ3) is 4.43. The highest BCUT2D eigenvalue weighted by Gasteiger charge is 2.29. The second-order valence-corrected chi connectivity index (χ2v) is 7.80. The molecule has 160 valence electrons. The molecule has 2 aromatic carbocycles. The highest BCUT2D eigenvalue weighted by Crippen LogP contribution is 2.27. The summed E-state index contributed by atoms with van der Waals surface area (Å²) in [6.07, 6.45) is 0. The third-order valence-corrected chi connectivity index (χ3v) is 5.99. The highest BCUT2D eigenvalue weighted by atomic mass is 16.5. The average molecular weight is 411 g/mol. The molecule has 30 heavy (non-hydrogen) atoms. The maximum Gasteiger partial charge on any atom is 0.251 e. The Morgan fingerprint density at radius 3 is 2.70 bits per heavy atom. The van der Waals surface area contributed by atoms with Crippen LogP contribution in [0.4, 0.5) is 5.69 Å². The van der Waals surface area contributed by atoms with Gasteiger partial charge in [0.25, 0.3) is 5.91 Å². The smallest absolute Gasteiger partial charge is 0.251 e. The van der Waals surface area contributed by atoms with Gasteiger partial charge in [-0.3, -0.25) is 10.2 Å². The minimum absolute atomic E-state index is 0.0250. The van der Waals surface area contributed by atoms with E-state index in [1.54, 1.807) is 7.11 Å². The lowest BCUT2D eigenvalue weighted by molar-refractivity contribution is 0.0946. The summed E-state index contributed by atoms with van der Waals surface area (Å²) in [5.74, 6) is 1.07. The van der Waals surface area contributed by atoms with E-state index >= 15 is 0 Å². The Morgan fingerprint density at radius 1 is 1.20 bits per heavy atom. The summed E-state index contributed by atoms with van der Waals surface area (Å²) in [5, 5.41) is 3.15. The van der Waals surface area contributed by atoms with Gasteiger partial charge < -0.3 is 19.7 Å². The molecule has 2 saturated heterocycles. The van der Waals surface area contributed by atoms with Crippen LogP contribution in [0.5, 0.6) is 5.75 Å². The number of hydrazine groups is 1. The second-order valence-electron chi connectivity index (χ2n) is 7.80. The van der Waals surface area contributed by atoms with Gasteiger partial charge in [-0.25, -0.2) is 5.43 Å². The van der Waals surface area contributed by atoms with Gasteiger partial charge in [0.2, 0.25) is 0 Å². The number of carbonyl (C=O) groups is 1. The van der Waals surface area contributed by atoms with Gasteiger partial charge in [-0.15, -0.1) is 0 Å². The molecule has 2 fully saturated rings. The van der Waals surface area contributed by atoms with E-state index in [4.69, 9.17) is 9.47 Å². The van der Waals surface area contributed by atoms with Crippen molar-refractivity contribution in [2.24, 2.45) is 5.92 Å². The Morgan fingerprint density at radius 2 is 1.97 bits per heavy atom. The van der Waals surface area contributed by atoms with Gasteiger partial charge in [0.15, 0.2) is 0 Å². The number of methoxy groups -OCH3 is 1. The van der Waals surface area contributed by atoms with Gasteiger partial charge in [-0.2, -0.15) is 0 Å². The first-order valence-corrected chi connectivity index (χ1v) is 10.5. The topological polar surface area (TPSA) is 74.9 Å². The lowest BCUT2D eigenvalue weighted by Crippen LogP contribution is -2.37. The first-order valence-electron chi connectivity index (χ1n) is 10.5. The average Bonchev–Trinajstić information content (AvgIpc) is 3.27. The molecule has 7 heteroatoms. The molecular formula is C23H30N4O3. The fraction of sp³-hybridized carbons (Fsp3) is 0.435. The number of anilines is 1. The molecule has 2 aliphatic rings. The van der Waals surface area contributed by atoms with E-state index in [1.807, 2.05) is 31.2 Å². The van der Waals surface area contributed by atoms with Gasteiger partial charge in [-0.1, -0.05) is 18.2 Å². The molecule has 0 radical (unpaired) electrons. The van der Waals surface area contributed by atoms with E-state index in [1.165, 1.54) is 5.56 Å². The van der Waals surface area contributed by atoms with Crippen molar-refractivity contribution in [2.75, 3.05) is 51.4 Å². The van der Waals surface area contributed by atoms with Gasteiger partial charge in [0.1, 0.15) is 5.75 Å². The van der Waals surface area contributed by atoms with Gasteiger partial charge in [0, 0.05) is 43.3 Å². The maximum atomic E-state index is 13.0. The number of hydrogen-bond acceptors (Lipinski definition) is 6. The van der Waals surface area contributed by atoms with Crippen LogP contribution in [0.15, 0.2) is 42.5 Å². The Balaban J connectivity index is 1.41. The molecule has 0 bridgehead atoms. The maximum absolute atomic E-state index is 13.0. The number of morpholine rings is 1. The molecule has 0 spiro atoms. The van der Waals surface area contributed by atoms with Crippen molar-refractivity contribution in [1.82, 2.24) is 16.2 Å². The number of hydrogen-bond donors (Lipinski definition) is 3. The fourth-order valence-electron chi connectivity index (χ4n) is 4.23. The second kappa shape index (κ2) is 9.47. The zero-order chi connectivity index (χ0) is 20.9. The normalized spacial score (nSPS) is 21.5. The predicted octanol–water partition coefficient (Wildman–Crippen LogP) is 2.04. The van der Waals surface area contributed by atoms with Crippen LogP contribution >= 0.6 is 0 Å². The van der Waals surface area contributed by atoms with E-state index in [2.05, 4.69) is 39.3 Å². The highest BCUT2D eigenvalue weighted by molar-refractivity contribution is 5.97. The van der Waals surface area contributed by atoms with Crippen molar-refractivity contribution in [3.63, 3.8) is 0 Å². The number of nitrogens with one attached hydrogen (secondary N) is 3. The van der Waals surface area contributed by atoms with E-state index in [0.717, 1.165) is 55.4 Å². The van der Waals surface area contributed by atoms with Crippen LogP contribution in [0.1, 0.15) is 27.5 Å². The third-order valence-electron chi connectivity index (χ3n) is 5.99. The summed E-state index contributed by atoms with van der Waals surface area (Å²) in [7, 11) is 1.67. The summed E-state index contributed by atoms with van der Waals surface area (Å²) < 4.78 is 10.7. The standard InChI is InChI=1S/C23H30N4O3/c1-16-20(4-3-5-21(16)27-10-12-30-13-11-27)23(28)24-14-18-15-25-26-22(18)17-6-8-19(29-2)9-7-17/h3-9,18,22,25-26H,10-15H2,1-2H3,(H,24,28).